The molecule has 1 aliphatic heterocycles. The Morgan fingerprint density at radius 2 is 2.31 bits per heavy atom. The number of carbonyl (C=O) groups excluding carboxylic acids is 1. The van der Waals surface area contributed by atoms with Crippen LogP contribution in [0.2, 0.25) is 0 Å². The third-order valence-electron chi connectivity index (χ3n) is 4.87. The molecule has 1 aliphatic rings. The Balaban J connectivity index is 1.93. The monoisotopic (exact) mass is 403 g/mol. The average molecular weight is 403 g/mol. The molecule has 29 heavy (non-hydrogen) atoms. The van der Waals surface area contributed by atoms with Gasteiger partial charge in [-0.1, -0.05) is 20.8 Å². The summed E-state index contributed by atoms with van der Waals surface area (Å²) in [5.74, 6) is -0.410. The van der Waals surface area contributed by atoms with Crippen molar-refractivity contribution in [3.8, 4) is 6.07 Å². The highest BCUT2D eigenvalue weighted by molar-refractivity contribution is 5.71. The molecule has 3 N–H and O–H groups in total. The molecular formula is C19H25N5O5. The molecule has 2 aromatic heterocycles. The number of esters is 1. The zero-order valence-electron chi connectivity index (χ0n) is 16.6. The largest absolute Gasteiger partial charge is 0.463 e. The van der Waals surface area contributed by atoms with Crippen molar-refractivity contribution in [2.45, 2.75) is 57.7 Å². The van der Waals surface area contributed by atoms with Crippen molar-refractivity contribution in [2.75, 3.05) is 12.3 Å². The number of ether oxygens (including phenoxy) is 3. The van der Waals surface area contributed by atoms with Gasteiger partial charge in [0, 0.05) is 6.42 Å². The quantitative estimate of drug-likeness (QED) is 0.513. The highest BCUT2D eigenvalue weighted by Crippen LogP contribution is 2.41. The number of nitrogens with zero attached hydrogens (tertiary/aromatic N) is 4. The molecule has 1 fully saturated rings. The smallest absolute Gasteiger partial charge is 0.308 e. The van der Waals surface area contributed by atoms with Crippen LogP contribution in [0.3, 0.4) is 0 Å². The van der Waals surface area contributed by atoms with Crippen molar-refractivity contribution in [3.05, 3.63) is 24.2 Å². The first kappa shape index (κ1) is 21.0. The lowest BCUT2D eigenvalue weighted by Crippen LogP contribution is -2.34. The normalized spacial score (nSPS) is 25.2. The minimum absolute atomic E-state index is 0.0953. The molecule has 3 heterocycles. The predicted molar refractivity (Wildman–Crippen MR) is 101 cm³/mol. The predicted octanol–water partition coefficient (Wildman–Crippen LogP) is 1.13. The lowest BCUT2D eigenvalue weighted by molar-refractivity contribution is -0.169. The van der Waals surface area contributed by atoms with E-state index in [1.807, 2.05) is 0 Å². The summed E-state index contributed by atoms with van der Waals surface area (Å²) in [5.41, 5.74) is 5.48. The third kappa shape index (κ3) is 4.03. The van der Waals surface area contributed by atoms with Crippen molar-refractivity contribution in [3.63, 3.8) is 0 Å². The number of aromatic nitrogens is 3. The van der Waals surface area contributed by atoms with Crippen LogP contribution in [0.4, 0.5) is 5.82 Å². The van der Waals surface area contributed by atoms with Gasteiger partial charge < -0.3 is 25.1 Å². The molecule has 0 saturated carbocycles. The Hall–Kier alpha value is -2.74. The summed E-state index contributed by atoms with van der Waals surface area (Å²) >= 11 is 0. The maximum absolute atomic E-state index is 11.9. The molecule has 0 amide bonds. The number of rotatable bonds is 7. The highest BCUT2D eigenvalue weighted by atomic mass is 16.6. The lowest BCUT2D eigenvalue weighted by Gasteiger charge is -2.22. The van der Waals surface area contributed by atoms with Crippen LogP contribution >= 0.6 is 0 Å². The number of carbonyl (C=O) groups is 1. The lowest BCUT2D eigenvalue weighted by atomic mass is 9.96. The van der Waals surface area contributed by atoms with Crippen LogP contribution in [0.5, 0.6) is 0 Å². The van der Waals surface area contributed by atoms with Crippen LogP contribution in [0.15, 0.2) is 18.5 Å². The Bertz CT molecular complexity index is 923. The van der Waals surface area contributed by atoms with Crippen LogP contribution in [0.1, 0.15) is 39.3 Å². The summed E-state index contributed by atoms with van der Waals surface area (Å²) in [6.07, 6.45) is -0.629. The van der Waals surface area contributed by atoms with E-state index in [0.717, 1.165) is 0 Å². The Morgan fingerprint density at radius 3 is 2.97 bits per heavy atom. The minimum Gasteiger partial charge on any atom is -0.463 e. The van der Waals surface area contributed by atoms with E-state index in [1.165, 1.54) is 10.8 Å². The Kier molecular flexibility index (Phi) is 6.02. The average Bonchev–Trinajstić information content (AvgIpc) is 3.29. The number of aliphatic hydroxyl groups excluding tert-OH is 1. The fourth-order valence-electron chi connectivity index (χ4n) is 3.26. The fourth-order valence-corrected chi connectivity index (χ4v) is 3.26. The summed E-state index contributed by atoms with van der Waals surface area (Å²) in [5, 5.41) is 24.2. The maximum atomic E-state index is 11.9. The van der Waals surface area contributed by atoms with Gasteiger partial charge >= 0.3 is 5.97 Å². The van der Waals surface area contributed by atoms with Gasteiger partial charge in [0.05, 0.1) is 17.7 Å². The molecule has 0 spiro atoms. The first-order chi connectivity index (χ1) is 13.8. The van der Waals surface area contributed by atoms with Gasteiger partial charge in [-0.3, -0.25) is 4.79 Å². The first-order valence-corrected chi connectivity index (χ1v) is 9.49. The van der Waals surface area contributed by atoms with Crippen molar-refractivity contribution in [1.82, 2.24) is 14.6 Å². The molecule has 0 aliphatic carbocycles. The van der Waals surface area contributed by atoms with Crippen LogP contribution in [-0.2, 0) is 24.6 Å². The van der Waals surface area contributed by atoms with Gasteiger partial charge in [0.2, 0.25) is 0 Å². The van der Waals surface area contributed by atoms with E-state index in [4.69, 9.17) is 19.9 Å². The number of anilines is 1. The summed E-state index contributed by atoms with van der Waals surface area (Å²) < 4.78 is 18.6. The van der Waals surface area contributed by atoms with Gasteiger partial charge in [-0.2, -0.15) is 10.4 Å². The zero-order valence-corrected chi connectivity index (χ0v) is 16.6. The SMILES string of the molecule is CCC(O)O[C@H]1C[C@](C#N)(c2ccc3c(N)ncnn23)O[C@@H]1COC(=O)C(C)C. The molecule has 0 bridgehead atoms. The second-order valence-corrected chi connectivity index (χ2v) is 7.28. The highest BCUT2D eigenvalue weighted by Gasteiger charge is 2.51. The van der Waals surface area contributed by atoms with Gasteiger partial charge in [0.15, 0.2) is 17.7 Å². The van der Waals surface area contributed by atoms with E-state index in [9.17, 15) is 15.2 Å². The molecule has 10 nitrogen and oxygen atoms in total. The van der Waals surface area contributed by atoms with Crippen molar-refractivity contribution in [2.24, 2.45) is 5.92 Å². The first-order valence-electron chi connectivity index (χ1n) is 9.49. The summed E-state index contributed by atoms with van der Waals surface area (Å²) in [6.45, 7) is 5.13. The standard InChI is InChI=1S/C19H25N5O5/c1-4-16(25)28-13-7-19(9-20,29-14(13)8-27-18(26)11(2)3)15-6-5-12-17(21)22-10-23-24(12)15/h5-6,10-11,13-14,16,25H,4,7-8H2,1-3H3,(H2,21,22,23)/t13-,14+,16?,19-/m0/s1. The number of nitrogens with two attached hydrogens (primary N) is 1. The van der Waals surface area contributed by atoms with E-state index < -0.39 is 24.1 Å². The van der Waals surface area contributed by atoms with E-state index in [0.29, 0.717) is 17.6 Å². The van der Waals surface area contributed by atoms with Crippen molar-refractivity contribution in [1.29, 1.82) is 5.26 Å². The van der Waals surface area contributed by atoms with Gasteiger partial charge in [-0.25, -0.2) is 9.50 Å². The minimum atomic E-state index is -1.42. The third-order valence-corrected chi connectivity index (χ3v) is 4.87. The van der Waals surface area contributed by atoms with Crippen molar-refractivity contribution < 1.29 is 24.1 Å². The number of fused-ring (bicyclic) bond motifs is 1. The van der Waals surface area contributed by atoms with E-state index >= 15 is 0 Å². The second-order valence-electron chi connectivity index (χ2n) is 7.28. The van der Waals surface area contributed by atoms with E-state index in [-0.39, 0.29) is 30.7 Å². The molecular weight excluding hydrogens is 378 g/mol. The maximum Gasteiger partial charge on any atom is 0.308 e. The summed E-state index contributed by atoms with van der Waals surface area (Å²) in [4.78, 5) is 15.8. The van der Waals surface area contributed by atoms with Crippen molar-refractivity contribution >= 4 is 17.3 Å². The molecule has 2 aromatic rings. The van der Waals surface area contributed by atoms with Crippen LogP contribution < -0.4 is 5.73 Å². The molecule has 1 unspecified atom stereocenters. The Labute approximate surface area is 168 Å². The molecule has 3 rings (SSSR count). The Morgan fingerprint density at radius 1 is 1.55 bits per heavy atom. The number of hydrogen-bond acceptors (Lipinski definition) is 9. The molecule has 0 aromatic carbocycles. The van der Waals surface area contributed by atoms with Gasteiger partial charge in [0.25, 0.3) is 0 Å². The number of hydrogen-bond donors (Lipinski definition) is 2. The van der Waals surface area contributed by atoms with Gasteiger partial charge in [0.1, 0.15) is 30.6 Å². The summed E-state index contributed by atoms with van der Waals surface area (Å²) in [6, 6.07) is 5.60. The van der Waals surface area contributed by atoms with Crippen LogP contribution in [0.25, 0.3) is 5.52 Å². The summed E-state index contributed by atoms with van der Waals surface area (Å²) in [7, 11) is 0. The van der Waals surface area contributed by atoms with Crippen LogP contribution in [-0.4, -0.2) is 50.8 Å². The molecule has 4 atom stereocenters. The zero-order chi connectivity index (χ0) is 21.2. The van der Waals surface area contributed by atoms with E-state index in [1.54, 1.807) is 32.9 Å². The second kappa shape index (κ2) is 8.32. The fraction of sp³-hybridized carbons (Fsp3) is 0.579. The van der Waals surface area contributed by atoms with E-state index in [2.05, 4.69) is 16.2 Å². The van der Waals surface area contributed by atoms with Crippen LogP contribution in [0, 0.1) is 17.2 Å². The number of aliphatic hydroxyl groups is 1. The van der Waals surface area contributed by atoms with Gasteiger partial charge in [-0.05, 0) is 18.6 Å². The molecule has 0 radical (unpaired) electrons. The van der Waals surface area contributed by atoms with Gasteiger partial charge in [-0.15, -0.1) is 0 Å². The number of nitriles is 1. The molecule has 156 valence electrons. The topological polar surface area (TPSA) is 145 Å². The molecule has 1 saturated heterocycles. The number of nitrogen functional groups attached to an aromatic ring is 1. The molecule has 10 heteroatoms.